The molecule has 2 bridgehead atoms. The highest BCUT2D eigenvalue weighted by molar-refractivity contribution is 14.0. The lowest BCUT2D eigenvalue weighted by Gasteiger charge is -2.47. The Labute approximate surface area is 189 Å². The third-order valence-electron chi connectivity index (χ3n) is 5.95. The molecule has 4 aliphatic rings. The molecule has 0 aromatic heterocycles. The summed E-state index contributed by atoms with van der Waals surface area (Å²) in [6, 6.07) is 8.20. The van der Waals surface area contributed by atoms with Gasteiger partial charge in [0.1, 0.15) is 5.75 Å². The molecule has 4 saturated heterocycles. The highest BCUT2D eigenvalue weighted by Crippen LogP contribution is 2.25. The number of anilines is 1. The van der Waals surface area contributed by atoms with Crippen LogP contribution in [0.1, 0.15) is 6.42 Å². The van der Waals surface area contributed by atoms with Crippen molar-refractivity contribution in [1.82, 2.24) is 20.4 Å². The van der Waals surface area contributed by atoms with Crippen LogP contribution in [0.4, 0.5) is 5.69 Å². The third kappa shape index (κ3) is 5.13. The quantitative estimate of drug-likeness (QED) is 0.341. The van der Waals surface area contributed by atoms with Gasteiger partial charge >= 0.3 is 0 Å². The monoisotopic (exact) mass is 514 g/mol. The van der Waals surface area contributed by atoms with Gasteiger partial charge in [0.05, 0.1) is 13.2 Å². The van der Waals surface area contributed by atoms with Gasteiger partial charge in [0.15, 0.2) is 5.96 Å². The van der Waals surface area contributed by atoms with Gasteiger partial charge in [-0.3, -0.25) is 19.6 Å². The zero-order valence-corrected chi connectivity index (χ0v) is 19.5. The molecule has 1 aromatic carbocycles. The lowest BCUT2D eigenvalue weighted by Crippen LogP contribution is -2.64. The van der Waals surface area contributed by atoms with Crippen molar-refractivity contribution >= 4 is 41.5 Å². The molecule has 2 atom stereocenters. The van der Waals surface area contributed by atoms with Crippen LogP contribution >= 0.6 is 24.0 Å². The molecule has 0 saturated carbocycles. The molecule has 0 spiro atoms. The van der Waals surface area contributed by atoms with Gasteiger partial charge in [0, 0.05) is 77.1 Å². The number of rotatable bonds is 5. The molecular formula is C20H31IN6O2. The van der Waals surface area contributed by atoms with E-state index in [0.717, 1.165) is 43.6 Å². The smallest absolute Gasteiger partial charge is 0.229 e. The number of nitrogens with zero attached hydrogens (tertiary/aromatic N) is 4. The Hall–Kier alpha value is -1.59. The summed E-state index contributed by atoms with van der Waals surface area (Å²) in [5.74, 6) is 1.64. The zero-order valence-electron chi connectivity index (χ0n) is 17.1. The van der Waals surface area contributed by atoms with Gasteiger partial charge in [-0.25, -0.2) is 0 Å². The van der Waals surface area contributed by atoms with Crippen molar-refractivity contribution < 1.29 is 9.53 Å². The molecule has 2 unspecified atom stereocenters. The molecule has 4 fully saturated rings. The maximum absolute atomic E-state index is 12.5. The largest absolute Gasteiger partial charge is 0.497 e. The van der Waals surface area contributed by atoms with Crippen LogP contribution in [-0.4, -0.2) is 93.7 Å². The first kappa shape index (κ1) is 22.1. The fourth-order valence-corrected chi connectivity index (χ4v) is 4.35. The second-order valence-corrected chi connectivity index (χ2v) is 7.69. The summed E-state index contributed by atoms with van der Waals surface area (Å²) in [6.45, 7) is 7.31. The van der Waals surface area contributed by atoms with Crippen molar-refractivity contribution in [1.29, 1.82) is 0 Å². The molecule has 4 aliphatic heterocycles. The van der Waals surface area contributed by atoms with Crippen LogP contribution in [0.15, 0.2) is 29.3 Å². The van der Waals surface area contributed by atoms with Gasteiger partial charge in [-0.05, 0) is 12.1 Å². The topological polar surface area (TPSA) is 72.4 Å². The fraction of sp³-hybridized carbons (Fsp3) is 0.600. The first-order valence-corrected chi connectivity index (χ1v) is 10.0. The number of nitrogens with one attached hydrogen (secondary N) is 2. The molecule has 2 N–H and O–H groups in total. The molecule has 160 valence electrons. The van der Waals surface area contributed by atoms with Crippen LogP contribution in [0, 0.1) is 0 Å². The van der Waals surface area contributed by atoms with E-state index in [1.165, 1.54) is 13.1 Å². The number of ether oxygens (including phenoxy) is 1. The Morgan fingerprint density at radius 3 is 2.69 bits per heavy atom. The van der Waals surface area contributed by atoms with Gasteiger partial charge < -0.3 is 20.3 Å². The van der Waals surface area contributed by atoms with E-state index in [2.05, 4.69) is 25.4 Å². The molecule has 0 aliphatic carbocycles. The normalized spacial score (nSPS) is 28.8. The average molecular weight is 514 g/mol. The molecule has 4 heterocycles. The Balaban J connectivity index is 0.00000240. The van der Waals surface area contributed by atoms with Gasteiger partial charge in [-0.1, -0.05) is 6.07 Å². The van der Waals surface area contributed by atoms with E-state index in [4.69, 9.17) is 4.74 Å². The minimum atomic E-state index is 0. The number of methoxy groups -OCH3 is 1. The van der Waals surface area contributed by atoms with Crippen molar-refractivity contribution in [3.8, 4) is 5.75 Å². The van der Waals surface area contributed by atoms with E-state index in [1.54, 1.807) is 14.2 Å². The first-order valence-electron chi connectivity index (χ1n) is 10.0. The molecule has 8 nitrogen and oxygen atoms in total. The Morgan fingerprint density at radius 1 is 1.24 bits per heavy atom. The van der Waals surface area contributed by atoms with Gasteiger partial charge in [0.2, 0.25) is 5.91 Å². The van der Waals surface area contributed by atoms with E-state index in [-0.39, 0.29) is 35.9 Å². The van der Waals surface area contributed by atoms with E-state index in [1.807, 2.05) is 29.2 Å². The van der Waals surface area contributed by atoms with Crippen molar-refractivity contribution in [2.75, 3.05) is 64.9 Å². The molecule has 1 amide bonds. The van der Waals surface area contributed by atoms with E-state index in [9.17, 15) is 4.79 Å². The Morgan fingerprint density at radius 2 is 2.03 bits per heavy atom. The van der Waals surface area contributed by atoms with Crippen LogP contribution in [0.3, 0.4) is 0 Å². The summed E-state index contributed by atoms with van der Waals surface area (Å²) in [4.78, 5) is 23.8. The summed E-state index contributed by atoms with van der Waals surface area (Å²) in [5.41, 5.74) is 0.872. The lowest BCUT2D eigenvalue weighted by molar-refractivity contribution is -0.117. The fourth-order valence-electron chi connectivity index (χ4n) is 4.35. The van der Waals surface area contributed by atoms with Gasteiger partial charge in [-0.2, -0.15) is 0 Å². The highest BCUT2D eigenvalue weighted by atomic mass is 127. The van der Waals surface area contributed by atoms with Crippen LogP contribution in [-0.2, 0) is 4.79 Å². The number of benzene rings is 1. The molecule has 1 aromatic rings. The number of carbonyl (C=O) groups excluding carboxylic acids is 1. The Kier molecular flexibility index (Phi) is 7.58. The number of guanidine groups is 1. The minimum Gasteiger partial charge on any atom is -0.497 e. The second-order valence-electron chi connectivity index (χ2n) is 7.69. The average Bonchev–Trinajstić information content (AvgIpc) is 3.12. The summed E-state index contributed by atoms with van der Waals surface area (Å²) >= 11 is 0. The molecule has 29 heavy (non-hydrogen) atoms. The number of aliphatic imine (C=N–C) groups is 1. The zero-order chi connectivity index (χ0) is 19.5. The third-order valence-corrected chi connectivity index (χ3v) is 5.95. The number of carbonyl (C=O) groups is 1. The highest BCUT2D eigenvalue weighted by Gasteiger charge is 2.33. The number of hydrogen-bond acceptors (Lipinski definition) is 5. The SMILES string of the molecule is CN=C(NCC1CN2CCN1CC2)NC1CC(=O)N(c2cccc(OC)c2)C1.I. The standard InChI is InChI=1S/C20H30N6O2.HI/c1-21-20(22-12-17-14-24-6-8-25(17)9-7-24)23-15-10-19(27)26(13-15)16-4-3-5-18(11-16)28-2;/h3-5,11,15,17H,6-10,12-14H2,1-2H3,(H2,21,22,23);1H. The van der Waals surface area contributed by atoms with E-state index in [0.29, 0.717) is 19.0 Å². The van der Waals surface area contributed by atoms with Crippen LogP contribution in [0.2, 0.25) is 0 Å². The molecule has 5 rings (SSSR count). The van der Waals surface area contributed by atoms with Gasteiger partial charge in [0.25, 0.3) is 0 Å². The van der Waals surface area contributed by atoms with Crippen molar-refractivity contribution in [2.24, 2.45) is 4.99 Å². The number of amides is 1. The number of fused-ring (bicyclic) bond motifs is 3. The number of piperazine rings is 3. The number of halogens is 1. The van der Waals surface area contributed by atoms with Crippen LogP contribution < -0.4 is 20.3 Å². The van der Waals surface area contributed by atoms with Crippen molar-refractivity contribution in [3.63, 3.8) is 0 Å². The van der Waals surface area contributed by atoms with Crippen LogP contribution in [0.5, 0.6) is 5.75 Å². The number of hydrogen-bond donors (Lipinski definition) is 2. The van der Waals surface area contributed by atoms with E-state index >= 15 is 0 Å². The maximum Gasteiger partial charge on any atom is 0.229 e. The lowest BCUT2D eigenvalue weighted by atomic mass is 10.1. The second kappa shape index (κ2) is 9.94. The van der Waals surface area contributed by atoms with Crippen molar-refractivity contribution in [3.05, 3.63) is 24.3 Å². The summed E-state index contributed by atoms with van der Waals surface area (Å²) in [5, 5.41) is 6.88. The summed E-state index contributed by atoms with van der Waals surface area (Å²) in [7, 11) is 3.42. The van der Waals surface area contributed by atoms with Crippen molar-refractivity contribution in [2.45, 2.75) is 18.5 Å². The van der Waals surface area contributed by atoms with E-state index < -0.39 is 0 Å². The minimum absolute atomic E-state index is 0. The first-order chi connectivity index (χ1) is 13.7. The van der Waals surface area contributed by atoms with Gasteiger partial charge in [-0.15, -0.1) is 24.0 Å². The molecule has 0 radical (unpaired) electrons. The molecule has 9 heteroatoms. The summed E-state index contributed by atoms with van der Waals surface area (Å²) in [6.07, 6.45) is 0.460. The van der Waals surface area contributed by atoms with Crippen LogP contribution in [0.25, 0.3) is 0 Å². The maximum atomic E-state index is 12.5. The molecular weight excluding hydrogens is 483 g/mol. The summed E-state index contributed by atoms with van der Waals surface area (Å²) < 4.78 is 5.28. The predicted octanol–water partition coefficient (Wildman–Crippen LogP) is 0.583. The predicted molar refractivity (Wildman–Crippen MR) is 125 cm³/mol. The Bertz CT molecular complexity index is 737.